The van der Waals surface area contributed by atoms with Crippen molar-refractivity contribution in [3.63, 3.8) is 0 Å². The van der Waals surface area contributed by atoms with Crippen LogP contribution in [0.15, 0.2) is 78.9 Å². The van der Waals surface area contributed by atoms with E-state index in [2.05, 4.69) is 0 Å². The molecular weight excluding hydrogens is 478 g/mol. The highest BCUT2D eigenvalue weighted by molar-refractivity contribution is 6.02. The van der Waals surface area contributed by atoms with Crippen LogP contribution in [0.25, 0.3) is 0 Å². The molecule has 4 rings (SSSR count). The molecule has 190 valence electrons. The second-order valence-electron chi connectivity index (χ2n) is 8.33. The van der Waals surface area contributed by atoms with Gasteiger partial charge in [-0.05, 0) is 41.0 Å². The molecule has 3 aromatic rings. The molecule has 1 saturated heterocycles. The third-order valence-corrected chi connectivity index (χ3v) is 5.82. The van der Waals surface area contributed by atoms with Crippen molar-refractivity contribution < 1.29 is 38.6 Å². The van der Waals surface area contributed by atoms with Crippen molar-refractivity contribution in [3.8, 4) is 5.75 Å². The first kappa shape index (κ1) is 25.6. The summed E-state index contributed by atoms with van der Waals surface area (Å²) in [6.45, 7) is 1.55. The van der Waals surface area contributed by atoms with Gasteiger partial charge in [0.15, 0.2) is 0 Å². The van der Waals surface area contributed by atoms with Gasteiger partial charge in [-0.15, -0.1) is 5.06 Å². The van der Waals surface area contributed by atoms with Crippen molar-refractivity contribution >= 4 is 23.8 Å². The quantitative estimate of drug-likeness (QED) is 0.205. The summed E-state index contributed by atoms with van der Waals surface area (Å²) in [7, 11) is 0. The number of rotatable bonds is 9. The van der Waals surface area contributed by atoms with Crippen LogP contribution in [0.3, 0.4) is 0 Å². The first-order valence-corrected chi connectivity index (χ1v) is 11.6. The van der Waals surface area contributed by atoms with Gasteiger partial charge in [0.25, 0.3) is 11.8 Å². The van der Waals surface area contributed by atoms with Crippen molar-refractivity contribution in [3.05, 3.63) is 101 Å². The summed E-state index contributed by atoms with van der Waals surface area (Å²) < 4.78 is 10.6. The number of hydrogen-bond acceptors (Lipinski definition) is 8. The number of esters is 1. The molecule has 1 aliphatic rings. The molecule has 37 heavy (non-hydrogen) atoms. The van der Waals surface area contributed by atoms with Crippen LogP contribution in [0.1, 0.15) is 46.8 Å². The summed E-state index contributed by atoms with van der Waals surface area (Å²) in [6.07, 6.45) is 0.00335. The number of aliphatic hydroxyl groups is 1. The van der Waals surface area contributed by atoms with Gasteiger partial charge in [0.1, 0.15) is 24.6 Å². The molecule has 1 fully saturated rings. The van der Waals surface area contributed by atoms with Crippen molar-refractivity contribution in [2.24, 2.45) is 0 Å². The Hall–Kier alpha value is -4.50. The number of benzene rings is 3. The minimum atomic E-state index is -1.61. The predicted octanol–water partition coefficient (Wildman–Crippen LogP) is 3.13. The van der Waals surface area contributed by atoms with Crippen molar-refractivity contribution in [1.29, 1.82) is 0 Å². The Kier molecular flexibility index (Phi) is 7.64. The maximum atomic E-state index is 12.5. The number of imide groups is 1. The molecule has 1 atom stereocenters. The first-order chi connectivity index (χ1) is 17.8. The highest BCUT2D eigenvalue weighted by atomic mass is 16.7. The van der Waals surface area contributed by atoms with E-state index in [1.807, 2.05) is 6.07 Å². The average Bonchev–Trinajstić information content (AvgIpc) is 3.23. The van der Waals surface area contributed by atoms with Crippen molar-refractivity contribution in [2.45, 2.75) is 25.4 Å². The number of nitrogens with zero attached hydrogens (tertiary/aromatic N) is 1. The fourth-order valence-corrected chi connectivity index (χ4v) is 3.98. The standard InChI is InChI=1S/C28H25NO8/c1-19(30)35-16-17-36-24-9-5-8-23(18-24)28(34,21-6-3-2-4-7-21)22-12-10-20(11-13-22)27(33)37-29-25(31)14-15-26(29)32/h2-13,18,34H,14-17H2,1H3. The lowest BCUT2D eigenvalue weighted by molar-refractivity contribution is -0.172. The number of hydrogen-bond donors (Lipinski definition) is 1. The minimum Gasteiger partial charge on any atom is -0.490 e. The fraction of sp³-hybridized carbons (Fsp3) is 0.214. The lowest BCUT2D eigenvalue weighted by Gasteiger charge is -2.30. The normalized spacial score (nSPS) is 14.7. The molecule has 1 N–H and O–H groups in total. The number of hydroxylamine groups is 2. The highest BCUT2D eigenvalue weighted by Gasteiger charge is 2.35. The lowest BCUT2D eigenvalue weighted by Crippen LogP contribution is -2.32. The molecule has 2 amide bonds. The van der Waals surface area contributed by atoms with Gasteiger partial charge < -0.3 is 19.4 Å². The van der Waals surface area contributed by atoms with E-state index < -0.39 is 29.4 Å². The Bertz CT molecular complexity index is 1290. The van der Waals surface area contributed by atoms with E-state index in [1.54, 1.807) is 60.7 Å². The van der Waals surface area contributed by atoms with E-state index in [4.69, 9.17) is 14.3 Å². The molecule has 1 unspecified atom stereocenters. The van der Waals surface area contributed by atoms with Crippen molar-refractivity contribution in [1.82, 2.24) is 5.06 Å². The van der Waals surface area contributed by atoms with Gasteiger partial charge in [-0.3, -0.25) is 14.4 Å². The van der Waals surface area contributed by atoms with Gasteiger partial charge >= 0.3 is 11.9 Å². The summed E-state index contributed by atoms with van der Waals surface area (Å²) in [6, 6.07) is 21.9. The van der Waals surface area contributed by atoms with Gasteiger partial charge in [-0.25, -0.2) is 4.79 Å². The van der Waals surface area contributed by atoms with Crippen LogP contribution in [0, 0.1) is 0 Å². The fourth-order valence-electron chi connectivity index (χ4n) is 3.98. The molecule has 0 saturated carbocycles. The predicted molar refractivity (Wildman–Crippen MR) is 130 cm³/mol. The lowest BCUT2D eigenvalue weighted by atomic mass is 9.80. The number of ether oxygens (including phenoxy) is 2. The van der Waals surface area contributed by atoms with Crippen molar-refractivity contribution in [2.75, 3.05) is 13.2 Å². The van der Waals surface area contributed by atoms with Crippen LogP contribution in [0.4, 0.5) is 0 Å². The Morgan fingerprint density at radius 1 is 0.838 bits per heavy atom. The number of carbonyl (C=O) groups is 4. The number of carbonyl (C=O) groups excluding carboxylic acids is 4. The molecular formula is C28H25NO8. The second kappa shape index (κ2) is 11.0. The molecule has 1 heterocycles. The zero-order valence-electron chi connectivity index (χ0n) is 20.1. The van der Waals surface area contributed by atoms with Crippen LogP contribution in [-0.4, -0.2) is 47.1 Å². The van der Waals surface area contributed by atoms with Crippen LogP contribution in [-0.2, 0) is 29.6 Å². The molecule has 9 heteroatoms. The minimum absolute atomic E-state index is 0.00168. The topological polar surface area (TPSA) is 119 Å². The Labute approximate surface area is 213 Å². The molecule has 0 bridgehead atoms. The molecule has 0 aliphatic carbocycles. The molecule has 3 aromatic carbocycles. The van der Waals surface area contributed by atoms with E-state index in [-0.39, 0.29) is 31.6 Å². The average molecular weight is 504 g/mol. The van der Waals surface area contributed by atoms with Gasteiger partial charge in [0, 0.05) is 19.8 Å². The van der Waals surface area contributed by atoms with Gasteiger partial charge in [-0.1, -0.05) is 54.6 Å². The van der Waals surface area contributed by atoms with Gasteiger partial charge in [0.05, 0.1) is 5.56 Å². The van der Waals surface area contributed by atoms with E-state index in [9.17, 15) is 24.3 Å². The zero-order valence-corrected chi connectivity index (χ0v) is 20.1. The van der Waals surface area contributed by atoms with Gasteiger partial charge in [-0.2, -0.15) is 0 Å². The maximum Gasteiger partial charge on any atom is 0.363 e. The third kappa shape index (κ3) is 5.68. The van der Waals surface area contributed by atoms with Crippen LogP contribution in [0.5, 0.6) is 5.75 Å². The monoisotopic (exact) mass is 503 g/mol. The summed E-state index contributed by atoms with van der Waals surface area (Å²) >= 11 is 0. The van der Waals surface area contributed by atoms with Crippen LogP contribution < -0.4 is 4.74 Å². The van der Waals surface area contributed by atoms with E-state index >= 15 is 0 Å². The SMILES string of the molecule is CC(=O)OCCOc1cccc(C(O)(c2ccccc2)c2ccc(C(=O)ON3C(=O)CCC3=O)cc2)c1. The van der Waals surface area contributed by atoms with Crippen LogP contribution in [0.2, 0.25) is 0 Å². The Balaban J connectivity index is 1.61. The van der Waals surface area contributed by atoms with Gasteiger partial charge in [0.2, 0.25) is 0 Å². The highest BCUT2D eigenvalue weighted by Crippen LogP contribution is 2.38. The van der Waals surface area contributed by atoms with E-state index in [1.165, 1.54) is 19.1 Å². The van der Waals surface area contributed by atoms with E-state index in [0.717, 1.165) is 0 Å². The Morgan fingerprint density at radius 2 is 1.46 bits per heavy atom. The van der Waals surface area contributed by atoms with Crippen LogP contribution >= 0.6 is 0 Å². The molecule has 9 nitrogen and oxygen atoms in total. The number of amides is 2. The molecule has 0 spiro atoms. The zero-order chi connectivity index (χ0) is 26.4. The summed E-state index contributed by atoms with van der Waals surface area (Å²) in [5.41, 5.74) is 0.0394. The summed E-state index contributed by atoms with van der Waals surface area (Å²) in [5.74, 6) is -1.92. The maximum absolute atomic E-state index is 12.5. The smallest absolute Gasteiger partial charge is 0.363 e. The second-order valence-corrected chi connectivity index (χ2v) is 8.33. The first-order valence-electron chi connectivity index (χ1n) is 11.6. The van der Waals surface area contributed by atoms with E-state index in [0.29, 0.717) is 27.5 Å². The molecule has 0 aromatic heterocycles. The summed E-state index contributed by atoms with van der Waals surface area (Å²) in [5, 5.41) is 12.6. The molecule has 1 aliphatic heterocycles. The largest absolute Gasteiger partial charge is 0.490 e. The third-order valence-electron chi connectivity index (χ3n) is 5.82. The summed E-state index contributed by atoms with van der Waals surface area (Å²) in [4.78, 5) is 52.0. The molecule has 0 radical (unpaired) electrons. The Morgan fingerprint density at radius 3 is 2.11 bits per heavy atom.